The van der Waals surface area contributed by atoms with E-state index in [2.05, 4.69) is 30.9 Å². The number of thiol groups is 1. The molecule has 0 aliphatic heterocycles. The van der Waals surface area contributed by atoms with Gasteiger partial charge in [0.05, 0.1) is 0 Å². The van der Waals surface area contributed by atoms with Crippen LogP contribution in [0.2, 0.25) is 0 Å². The zero-order valence-corrected chi connectivity index (χ0v) is 21.1. The van der Waals surface area contributed by atoms with Crippen molar-refractivity contribution in [3.8, 4) is 0 Å². The second kappa shape index (κ2) is 11.9. The summed E-state index contributed by atoms with van der Waals surface area (Å²) in [5.74, 6) is -0.428. The molecule has 10 nitrogen and oxygen atoms in total. The summed E-state index contributed by atoms with van der Waals surface area (Å²) in [6, 6.07) is 9.62. The molecule has 0 spiro atoms. The minimum atomic E-state index is -4.73. The topological polar surface area (TPSA) is 129 Å². The van der Waals surface area contributed by atoms with E-state index >= 15 is 0 Å². The Labute approximate surface area is 213 Å². The van der Waals surface area contributed by atoms with Crippen molar-refractivity contribution in [2.45, 2.75) is 33.0 Å². The molecule has 0 saturated carbocycles. The van der Waals surface area contributed by atoms with Gasteiger partial charge < -0.3 is 16.0 Å². The quantitative estimate of drug-likeness (QED) is 0.283. The third-order valence-corrected chi connectivity index (χ3v) is 5.66. The van der Waals surface area contributed by atoms with Crippen molar-refractivity contribution in [2.24, 2.45) is 5.92 Å². The van der Waals surface area contributed by atoms with E-state index in [-0.39, 0.29) is 30.1 Å². The average molecular weight is 538 g/mol. The highest BCUT2D eigenvalue weighted by Gasteiger charge is 2.35. The Morgan fingerprint density at radius 3 is 2.38 bits per heavy atom. The van der Waals surface area contributed by atoms with E-state index in [0.717, 1.165) is 4.31 Å². The number of nitrogens with one attached hydrogen (secondary N) is 3. The minimum Gasteiger partial charge on any atom is -0.365 e. The SMILES string of the molecule is CC(C)CC(=O)Nc1ccc(Nc2ncc(C(F)(F)F)c(NCc3cccnc3N(C)[SH](=O)=O)n2)cc1. The van der Waals surface area contributed by atoms with Crippen LogP contribution in [0.5, 0.6) is 0 Å². The molecule has 2 heterocycles. The minimum absolute atomic E-state index is 0.0765. The lowest BCUT2D eigenvalue weighted by Crippen LogP contribution is -2.19. The van der Waals surface area contributed by atoms with Crippen LogP contribution in [-0.2, 0) is 28.4 Å². The molecule has 0 radical (unpaired) electrons. The molecule has 37 heavy (non-hydrogen) atoms. The standard InChI is InChI=1S/C23H26F3N7O3S/c1-14(2)11-19(34)30-16-6-8-17(9-7-16)31-22-29-13-18(23(24,25)26)20(32-22)28-12-15-5-4-10-27-21(15)33(3)37(35)36/h4-10,13-14,37H,11-12H2,1-3H3,(H,30,34)(H2,28,29,31,32). The van der Waals surface area contributed by atoms with E-state index in [1.165, 1.54) is 13.2 Å². The van der Waals surface area contributed by atoms with Crippen LogP contribution in [0.1, 0.15) is 31.4 Å². The first-order chi connectivity index (χ1) is 17.4. The summed E-state index contributed by atoms with van der Waals surface area (Å²) in [5.41, 5.74) is 0.322. The number of amides is 1. The number of carbonyl (C=O) groups excluding carboxylic acids is 1. The van der Waals surface area contributed by atoms with E-state index in [1.54, 1.807) is 36.4 Å². The Hall–Kier alpha value is -3.94. The van der Waals surface area contributed by atoms with E-state index < -0.39 is 28.4 Å². The van der Waals surface area contributed by atoms with Gasteiger partial charge in [-0.3, -0.25) is 9.10 Å². The lowest BCUT2D eigenvalue weighted by atomic mass is 10.1. The highest BCUT2D eigenvalue weighted by atomic mass is 32.2. The number of hydrogen-bond acceptors (Lipinski definition) is 8. The summed E-state index contributed by atoms with van der Waals surface area (Å²) in [7, 11) is -1.70. The van der Waals surface area contributed by atoms with Gasteiger partial charge in [0.2, 0.25) is 22.7 Å². The fraction of sp³-hybridized carbons (Fsp3) is 0.304. The van der Waals surface area contributed by atoms with Gasteiger partial charge in [-0.25, -0.2) is 18.4 Å². The highest BCUT2D eigenvalue weighted by molar-refractivity contribution is 7.74. The Morgan fingerprint density at radius 1 is 1.08 bits per heavy atom. The van der Waals surface area contributed by atoms with Gasteiger partial charge in [-0.2, -0.15) is 18.2 Å². The van der Waals surface area contributed by atoms with Crippen LogP contribution < -0.4 is 20.3 Å². The molecule has 0 unspecified atom stereocenters. The largest absolute Gasteiger partial charge is 0.421 e. The van der Waals surface area contributed by atoms with Crippen molar-refractivity contribution in [3.63, 3.8) is 0 Å². The molecule has 2 aromatic heterocycles. The van der Waals surface area contributed by atoms with Crippen LogP contribution in [-0.4, -0.2) is 36.3 Å². The van der Waals surface area contributed by atoms with Gasteiger partial charge in [0.1, 0.15) is 17.2 Å². The van der Waals surface area contributed by atoms with Gasteiger partial charge in [0.15, 0.2) is 0 Å². The van der Waals surface area contributed by atoms with Gasteiger partial charge in [0, 0.05) is 49.3 Å². The van der Waals surface area contributed by atoms with E-state index in [0.29, 0.717) is 29.6 Å². The second-order valence-electron chi connectivity index (χ2n) is 8.40. The number of aromatic nitrogens is 3. The lowest BCUT2D eigenvalue weighted by molar-refractivity contribution is -0.137. The molecule has 14 heteroatoms. The van der Waals surface area contributed by atoms with Gasteiger partial charge in [-0.15, -0.1) is 0 Å². The molecular formula is C23H26F3N7O3S. The molecule has 0 aliphatic rings. The summed E-state index contributed by atoms with van der Waals surface area (Å²) in [6.45, 7) is 3.69. The van der Waals surface area contributed by atoms with E-state index in [1.807, 2.05) is 13.8 Å². The summed E-state index contributed by atoms with van der Waals surface area (Å²) < 4.78 is 64.4. The first-order valence-electron chi connectivity index (χ1n) is 11.1. The smallest absolute Gasteiger partial charge is 0.365 e. The third kappa shape index (κ3) is 7.77. The van der Waals surface area contributed by atoms with Crippen LogP contribution >= 0.6 is 0 Å². The number of hydrogen-bond donors (Lipinski definition) is 4. The molecule has 1 aromatic carbocycles. The van der Waals surface area contributed by atoms with Crippen LogP contribution in [0.15, 0.2) is 48.8 Å². The Balaban J connectivity index is 1.79. The maximum Gasteiger partial charge on any atom is 0.421 e. The summed E-state index contributed by atoms with van der Waals surface area (Å²) >= 11 is 0. The third-order valence-electron chi connectivity index (χ3n) is 4.98. The molecule has 198 valence electrons. The van der Waals surface area contributed by atoms with Crippen molar-refractivity contribution in [1.29, 1.82) is 0 Å². The second-order valence-corrected chi connectivity index (χ2v) is 9.48. The first-order valence-corrected chi connectivity index (χ1v) is 12.2. The fourth-order valence-corrected chi connectivity index (χ4v) is 3.58. The highest BCUT2D eigenvalue weighted by Crippen LogP contribution is 2.34. The van der Waals surface area contributed by atoms with E-state index in [4.69, 9.17) is 0 Å². The molecule has 3 aromatic rings. The molecule has 0 saturated heterocycles. The predicted octanol–water partition coefficient (Wildman–Crippen LogP) is 4.19. The number of pyridine rings is 1. The monoisotopic (exact) mass is 537 g/mol. The van der Waals surface area contributed by atoms with Crippen molar-refractivity contribution in [2.75, 3.05) is 27.3 Å². The van der Waals surface area contributed by atoms with Gasteiger partial charge in [-0.05, 0) is 36.2 Å². The Bertz CT molecular complexity index is 1310. The van der Waals surface area contributed by atoms with Crippen LogP contribution in [0.3, 0.4) is 0 Å². The van der Waals surface area contributed by atoms with Crippen molar-refractivity contribution in [3.05, 3.63) is 59.9 Å². The summed E-state index contributed by atoms with van der Waals surface area (Å²) in [5, 5.41) is 8.23. The zero-order valence-electron chi connectivity index (χ0n) is 20.2. The molecule has 3 N–H and O–H groups in total. The van der Waals surface area contributed by atoms with Crippen LogP contribution in [0.25, 0.3) is 0 Å². The molecule has 0 fully saturated rings. The number of nitrogens with zero attached hydrogens (tertiary/aromatic N) is 4. The maximum atomic E-state index is 13.6. The predicted molar refractivity (Wildman–Crippen MR) is 135 cm³/mol. The Morgan fingerprint density at radius 2 is 1.76 bits per heavy atom. The zero-order chi connectivity index (χ0) is 27.2. The molecule has 0 atom stereocenters. The number of halogens is 3. The number of rotatable bonds is 10. The number of benzene rings is 1. The van der Waals surface area contributed by atoms with Gasteiger partial charge >= 0.3 is 6.18 Å². The summed E-state index contributed by atoms with van der Waals surface area (Å²) in [6.07, 6.45) is -2.32. The number of anilines is 5. The van der Waals surface area contributed by atoms with Crippen molar-refractivity contribution < 1.29 is 26.4 Å². The van der Waals surface area contributed by atoms with Gasteiger partial charge in [-0.1, -0.05) is 19.9 Å². The normalized spacial score (nSPS) is 11.5. The van der Waals surface area contributed by atoms with Crippen LogP contribution in [0.4, 0.5) is 42.1 Å². The number of carbonyl (C=O) groups is 1. The van der Waals surface area contributed by atoms with Crippen molar-refractivity contribution >= 4 is 45.8 Å². The first kappa shape index (κ1) is 27.6. The Kier molecular flexibility index (Phi) is 8.86. The molecule has 1 amide bonds. The summed E-state index contributed by atoms with van der Waals surface area (Å²) in [4.78, 5) is 23.7. The van der Waals surface area contributed by atoms with Crippen molar-refractivity contribution in [1.82, 2.24) is 15.0 Å². The van der Waals surface area contributed by atoms with Crippen LogP contribution in [0, 0.1) is 5.92 Å². The molecule has 3 rings (SSSR count). The molecule has 0 bridgehead atoms. The fourth-order valence-electron chi connectivity index (χ4n) is 3.25. The maximum absolute atomic E-state index is 13.6. The van der Waals surface area contributed by atoms with E-state index in [9.17, 15) is 26.4 Å². The molecular weight excluding hydrogens is 511 g/mol. The van der Waals surface area contributed by atoms with Gasteiger partial charge in [0.25, 0.3) is 0 Å². The molecule has 0 aliphatic carbocycles. The lowest BCUT2D eigenvalue weighted by Gasteiger charge is -2.17. The number of alkyl halides is 3. The average Bonchev–Trinajstić information content (AvgIpc) is 2.82.